The van der Waals surface area contributed by atoms with Crippen LogP contribution in [0.1, 0.15) is 44.9 Å². The topological polar surface area (TPSA) is 83.5 Å². The number of carbonyl (C=O) groups is 1. The first-order valence-electron chi connectivity index (χ1n) is 15.9. The summed E-state index contributed by atoms with van der Waals surface area (Å²) >= 11 is 0. The molecule has 2 atom stereocenters. The van der Waals surface area contributed by atoms with Crippen LogP contribution in [0.15, 0.2) is 42.5 Å². The van der Waals surface area contributed by atoms with Crippen LogP contribution >= 0.6 is 0 Å². The summed E-state index contributed by atoms with van der Waals surface area (Å²) in [5.74, 6) is 0.910. The molecule has 2 aromatic carbocycles. The van der Waals surface area contributed by atoms with Gasteiger partial charge in [-0.1, -0.05) is 36.4 Å². The minimum atomic E-state index is -0.562. The lowest BCUT2D eigenvalue weighted by atomic mass is 10.0. The van der Waals surface area contributed by atoms with Crippen molar-refractivity contribution in [3.05, 3.63) is 53.7 Å². The lowest BCUT2D eigenvalue weighted by Crippen LogP contribution is -2.58. The van der Waals surface area contributed by atoms with Gasteiger partial charge in [0.2, 0.25) is 0 Å². The average Bonchev–Trinajstić information content (AvgIpc) is 3.42. The van der Waals surface area contributed by atoms with Crippen LogP contribution in [-0.4, -0.2) is 104 Å². The van der Waals surface area contributed by atoms with Crippen molar-refractivity contribution in [3.8, 4) is 6.01 Å². The van der Waals surface area contributed by atoms with Gasteiger partial charge in [-0.3, -0.25) is 4.90 Å². The summed E-state index contributed by atoms with van der Waals surface area (Å²) in [7, 11) is 3.83. The molecule has 0 N–H and O–H groups in total. The quantitative estimate of drug-likeness (QED) is 0.381. The van der Waals surface area contributed by atoms with Gasteiger partial charge < -0.3 is 28.9 Å². The lowest BCUT2D eigenvalue weighted by molar-refractivity contribution is 0.00335. The highest BCUT2D eigenvalue weighted by molar-refractivity contribution is 5.94. The second kappa shape index (κ2) is 12.8. The molecule has 0 radical (unpaired) electrons. The van der Waals surface area contributed by atoms with Gasteiger partial charge in [0.05, 0.1) is 24.9 Å². The van der Waals surface area contributed by atoms with Crippen molar-refractivity contribution >= 4 is 28.4 Å². The van der Waals surface area contributed by atoms with Gasteiger partial charge in [0.25, 0.3) is 0 Å². The molecule has 0 spiro atoms. The molecule has 1 aromatic heterocycles. The summed E-state index contributed by atoms with van der Waals surface area (Å²) in [6.45, 7) is 11.1. The van der Waals surface area contributed by atoms with Crippen molar-refractivity contribution in [2.24, 2.45) is 0 Å². The number of likely N-dealkylation sites (N-methyl/N-ethyl adjacent to an activating group) is 1. The van der Waals surface area contributed by atoms with E-state index in [1.54, 1.807) is 12.0 Å². The molecule has 3 aromatic rings. The third kappa shape index (κ3) is 6.56. The summed E-state index contributed by atoms with van der Waals surface area (Å²) in [6, 6.07) is 15.7. The maximum absolute atomic E-state index is 13.1. The highest BCUT2D eigenvalue weighted by Crippen LogP contribution is 2.35. The Hall–Kier alpha value is -3.63. The highest BCUT2D eigenvalue weighted by Gasteiger charge is 2.36. The van der Waals surface area contributed by atoms with E-state index in [1.807, 2.05) is 20.8 Å². The van der Waals surface area contributed by atoms with Gasteiger partial charge in [-0.15, -0.1) is 0 Å². The first-order valence-corrected chi connectivity index (χ1v) is 15.9. The molecular weight excluding hydrogens is 556 g/mol. The van der Waals surface area contributed by atoms with Crippen LogP contribution in [0.3, 0.4) is 0 Å². The van der Waals surface area contributed by atoms with E-state index in [9.17, 15) is 4.79 Å². The van der Waals surface area contributed by atoms with E-state index in [1.165, 1.54) is 22.9 Å². The Morgan fingerprint density at radius 1 is 0.955 bits per heavy atom. The molecule has 44 heavy (non-hydrogen) atoms. The molecule has 6 rings (SSSR count). The molecule has 2 saturated heterocycles. The fraction of sp³-hybridized carbons (Fsp3) is 0.559. The Morgan fingerprint density at radius 2 is 1.77 bits per heavy atom. The third-order valence-electron chi connectivity index (χ3n) is 8.98. The molecule has 10 heteroatoms. The van der Waals surface area contributed by atoms with Gasteiger partial charge >= 0.3 is 12.1 Å². The van der Waals surface area contributed by atoms with Crippen molar-refractivity contribution in [2.45, 2.75) is 64.3 Å². The average molecular weight is 603 g/mol. The van der Waals surface area contributed by atoms with Gasteiger partial charge in [-0.2, -0.15) is 9.97 Å². The van der Waals surface area contributed by atoms with Crippen LogP contribution in [-0.2, 0) is 22.4 Å². The Balaban J connectivity index is 1.30. The second-order valence-corrected chi connectivity index (χ2v) is 13.2. The van der Waals surface area contributed by atoms with Crippen LogP contribution in [0.4, 0.5) is 16.3 Å². The minimum Gasteiger partial charge on any atom is -0.462 e. The summed E-state index contributed by atoms with van der Waals surface area (Å²) in [6.07, 6.45) is 2.82. The number of carbonyl (C=O) groups excluding carboxylic acids is 1. The van der Waals surface area contributed by atoms with E-state index in [-0.39, 0.29) is 12.1 Å². The molecule has 4 heterocycles. The van der Waals surface area contributed by atoms with Crippen LogP contribution in [0.25, 0.3) is 10.8 Å². The number of rotatable bonds is 7. The van der Waals surface area contributed by atoms with Crippen LogP contribution in [0, 0.1) is 0 Å². The van der Waals surface area contributed by atoms with E-state index >= 15 is 0 Å². The highest BCUT2D eigenvalue weighted by atomic mass is 16.6. The zero-order chi connectivity index (χ0) is 30.8. The van der Waals surface area contributed by atoms with Crippen molar-refractivity contribution in [3.63, 3.8) is 0 Å². The first-order chi connectivity index (χ1) is 21.2. The molecule has 10 nitrogen and oxygen atoms in total. The van der Waals surface area contributed by atoms with Gasteiger partial charge in [-0.25, -0.2) is 4.79 Å². The van der Waals surface area contributed by atoms with E-state index in [0.717, 1.165) is 43.0 Å². The number of hydrogen-bond acceptors (Lipinski definition) is 9. The van der Waals surface area contributed by atoms with E-state index in [4.69, 9.17) is 24.2 Å². The predicted octanol–water partition coefficient (Wildman–Crippen LogP) is 4.74. The lowest BCUT2D eigenvalue weighted by Gasteiger charge is -2.43. The number of piperazine rings is 1. The second-order valence-electron chi connectivity index (χ2n) is 13.2. The molecule has 3 aliphatic rings. The first kappa shape index (κ1) is 30.4. The number of anilines is 2. The molecule has 1 unspecified atom stereocenters. The van der Waals surface area contributed by atoms with Gasteiger partial charge in [0.15, 0.2) is 0 Å². The number of hydrogen-bond donors (Lipinski definition) is 0. The Kier molecular flexibility index (Phi) is 8.82. The van der Waals surface area contributed by atoms with E-state index < -0.39 is 5.60 Å². The standard InChI is InChI=1S/C34H46N6O4/c1-34(2,3)44-33(41)40-19-18-39(20-26(40)22-42-5)31-28-15-17-38(30-14-8-11-24-10-6-7-13-27(24)30)21-29(28)35-32(36-31)43-23-25-12-9-16-37(25)4/h6-8,10-11,13-14,25-26H,9,12,15-23H2,1-5H3/t25-,26?/m0/s1. The number of likely N-dealkylation sites (tertiary alicyclic amines) is 1. The zero-order valence-electron chi connectivity index (χ0n) is 26.8. The van der Waals surface area contributed by atoms with Crippen molar-refractivity contribution in [2.75, 3.05) is 69.9 Å². The van der Waals surface area contributed by atoms with Crippen LogP contribution in [0.5, 0.6) is 6.01 Å². The maximum Gasteiger partial charge on any atom is 0.410 e. The predicted molar refractivity (Wildman–Crippen MR) is 173 cm³/mol. The monoisotopic (exact) mass is 602 g/mol. The number of benzene rings is 2. The molecule has 0 aliphatic carbocycles. The minimum absolute atomic E-state index is 0.165. The molecule has 236 valence electrons. The molecule has 3 aliphatic heterocycles. The smallest absolute Gasteiger partial charge is 0.410 e. The molecule has 2 fully saturated rings. The number of amides is 1. The SMILES string of the molecule is COCC1CN(c2nc(OC[C@@H]3CCCN3C)nc3c2CCN(c2cccc4ccccc24)C3)CCN1C(=O)OC(C)(C)C. The fourth-order valence-electron chi connectivity index (χ4n) is 6.71. The van der Waals surface area contributed by atoms with Gasteiger partial charge in [-0.05, 0) is 65.1 Å². The maximum atomic E-state index is 13.1. The third-order valence-corrected chi connectivity index (χ3v) is 8.98. The Bertz CT molecular complexity index is 1470. The van der Waals surface area contributed by atoms with Crippen LogP contribution < -0.4 is 14.5 Å². The Morgan fingerprint density at radius 3 is 2.55 bits per heavy atom. The molecule has 0 bridgehead atoms. The summed E-state index contributed by atoms with van der Waals surface area (Å²) < 4.78 is 17.6. The number of fused-ring (bicyclic) bond motifs is 2. The normalized spacial score (nSPS) is 21.1. The number of ether oxygens (including phenoxy) is 3. The van der Waals surface area contributed by atoms with Gasteiger partial charge in [0, 0.05) is 56.0 Å². The van der Waals surface area contributed by atoms with E-state index in [0.29, 0.717) is 51.4 Å². The Labute approximate surface area is 260 Å². The molecule has 0 saturated carbocycles. The van der Waals surface area contributed by atoms with Gasteiger partial charge in [0.1, 0.15) is 18.0 Å². The summed E-state index contributed by atoms with van der Waals surface area (Å²) in [5.41, 5.74) is 2.82. The fourth-order valence-corrected chi connectivity index (χ4v) is 6.71. The zero-order valence-corrected chi connectivity index (χ0v) is 26.8. The van der Waals surface area contributed by atoms with Crippen LogP contribution in [0.2, 0.25) is 0 Å². The number of nitrogens with zero attached hydrogens (tertiary/aromatic N) is 6. The van der Waals surface area contributed by atoms with Crippen molar-refractivity contribution in [1.82, 2.24) is 19.8 Å². The van der Waals surface area contributed by atoms with Crippen molar-refractivity contribution in [1.29, 1.82) is 0 Å². The van der Waals surface area contributed by atoms with Crippen molar-refractivity contribution < 1.29 is 19.0 Å². The number of methoxy groups -OCH3 is 1. The van der Waals surface area contributed by atoms with E-state index in [2.05, 4.69) is 64.2 Å². The largest absolute Gasteiger partial charge is 0.462 e. The molecular formula is C34H46N6O4. The summed E-state index contributed by atoms with van der Waals surface area (Å²) in [5, 5.41) is 2.48. The molecule has 1 amide bonds. The number of aromatic nitrogens is 2. The summed E-state index contributed by atoms with van der Waals surface area (Å²) in [4.78, 5) is 32.0.